The van der Waals surface area contributed by atoms with Crippen molar-refractivity contribution in [3.05, 3.63) is 70.7 Å². The minimum atomic E-state index is -1.12. The normalized spacial score (nSPS) is 13.0. The van der Waals surface area contributed by atoms with Crippen LogP contribution in [0.1, 0.15) is 50.4 Å². The van der Waals surface area contributed by atoms with Crippen molar-refractivity contribution in [2.45, 2.75) is 32.4 Å². The number of nitrogen functional groups attached to an aromatic ring is 1. The number of ketones is 1. The molecule has 0 radical (unpaired) electrons. The lowest BCUT2D eigenvalue weighted by atomic mass is 10.0. The Labute approximate surface area is 190 Å². The van der Waals surface area contributed by atoms with Crippen molar-refractivity contribution in [1.82, 2.24) is 14.9 Å². The number of imidazole rings is 1. The van der Waals surface area contributed by atoms with E-state index in [1.807, 2.05) is 19.1 Å². The number of anilines is 1. The van der Waals surface area contributed by atoms with Crippen molar-refractivity contribution >= 4 is 29.2 Å². The number of benzene rings is 2. The molecule has 2 aromatic carbocycles. The molecule has 0 bridgehead atoms. The Morgan fingerprint density at radius 3 is 2.61 bits per heavy atom. The molecule has 8 N–H and O–H groups in total. The highest BCUT2D eigenvalue weighted by molar-refractivity contribution is 6.11. The third kappa shape index (κ3) is 4.70. The molecule has 33 heavy (non-hydrogen) atoms. The van der Waals surface area contributed by atoms with Crippen molar-refractivity contribution < 1.29 is 14.7 Å². The smallest absolute Gasteiger partial charge is 0.335 e. The van der Waals surface area contributed by atoms with E-state index in [-0.39, 0.29) is 28.6 Å². The van der Waals surface area contributed by atoms with Gasteiger partial charge >= 0.3 is 5.97 Å². The molecule has 1 aliphatic carbocycles. The third-order valence-electron chi connectivity index (χ3n) is 5.49. The number of nitrogens with one attached hydrogen (secondary N) is 1. The monoisotopic (exact) mass is 447 g/mol. The second-order valence-electron chi connectivity index (χ2n) is 8.01. The fourth-order valence-electron chi connectivity index (χ4n) is 3.55. The molecule has 10 heteroatoms. The molecule has 4 rings (SSSR count). The number of nitrogens with two attached hydrogens (primary N) is 3. The van der Waals surface area contributed by atoms with Crippen LogP contribution in [0.4, 0.5) is 11.5 Å². The first-order valence-corrected chi connectivity index (χ1v) is 10.4. The van der Waals surface area contributed by atoms with Crippen molar-refractivity contribution in [2.24, 2.45) is 16.5 Å². The molecule has 0 atom stereocenters. The molecule has 0 amide bonds. The average molecular weight is 447 g/mol. The number of hydrogen-bond donors (Lipinski definition) is 5. The Morgan fingerprint density at radius 2 is 1.94 bits per heavy atom. The molecule has 1 heterocycles. The van der Waals surface area contributed by atoms with Gasteiger partial charge in [-0.05, 0) is 55.2 Å². The van der Waals surface area contributed by atoms with Gasteiger partial charge in [-0.15, -0.1) is 0 Å². The number of carboxylic acids is 1. The largest absolute Gasteiger partial charge is 0.478 e. The standard InChI is InChI=1S/C23H25N7O3/c1-12-17(29-23(25)26)7-13(10-27-16-5-6-16)8-18(12)30-11-28-19(21(30)24)20(31)14-3-2-4-15(9-14)22(32)33/h2-4,7-9,11,16,27H,5-6,10,24H2,1H3,(H,32,33)(H4,25,26,29). The molecule has 170 valence electrons. The zero-order valence-electron chi connectivity index (χ0n) is 18.1. The van der Waals surface area contributed by atoms with Gasteiger partial charge in [0.15, 0.2) is 11.7 Å². The Balaban J connectivity index is 1.74. The minimum absolute atomic E-state index is 0.00689. The van der Waals surface area contributed by atoms with E-state index in [0.717, 1.165) is 24.0 Å². The molecular weight excluding hydrogens is 422 g/mol. The molecule has 1 aliphatic rings. The van der Waals surface area contributed by atoms with Crippen LogP contribution >= 0.6 is 0 Å². The van der Waals surface area contributed by atoms with E-state index in [2.05, 4.69) is 15.3 Å². The SMILES string of the molecule is Cc1c(N=C(N)N)cc(CNC2CC2)cc1-n1cnc(C(=O)c2cccc(C(=O)O)c2)c1N. The summed E-state index contributed by atoms with van der Waals surface area (Å²) in [6, 6.07) is 10.1. The fraction of sp³-hybridized carbons (Fsp3) is 0.217. The number of guanidine groups is 1. The molecule has 0 aliphatic heterocycles. The van der Waals surface area contributed by atoms with E-state index in [1.54, 1.807) is 4.57 Å². The van der Waals surface area contributed by atoms with E-state index in [1.165, 1.54) is 30.6 Å². The molecule has 1 fully saturated rings. The molecule has 0 saturated heterocycles. The number of nitrogens with zero attached hydrogens (tertiary/aromatic N) is 3. The van der Waals surface area contributed by atoms with Gasteiger partial charge < -0.3 is 27.6 Å². The molecule has 0 spiro atoms. The van der Waals surface area contributed by atoms with E-state index < -0.39 is 11.8 Å². The van der Waals surface area contributed by atoms with Crippen molar-refractivity contribution in [1.29, 1.82) is 0 Å². The minimum Gasteiger partial charge on any atom is -0.478 e. The van der Waals surface area contributed by atoms with Crippen LogP contribution in [-0.2, 0) is 6.54 Å². The van der Waals surface area contributed by atoms with E-state index in [9.17, 15) is 14.7 Å². The summed E-state index contributed by atoms with van der Waals surface area (Å²) in [5.41, 5.74) is 20.8. The summed E-state index contributed by atoms with van der Waals surface area (Å²) in [6.45, 7) is 2.49. The molecule has 3 aromatic rings. The number of hydrogen-bond acceptors (Lipinski definition) is 6. The highest BCUT2D eigenvalue weighted by Gasteiger charge is 2.22. The number of aromatic carboxylic acids is 1. The zero-order chi connectivity index (χ0) is 23.7. The third-order valence-corrected chi connectivity index (χ3v) is 5.49. The number of aromatic nitrogens is 2. The summed E-state index contributed by atoms with van der Waals surface area (Å²) in [5.74, 6) is -1.53. The van der Waals surface area contributed by atoms with Crippen molar-refractivity contribution in [2.75, 3.05) is 5.73 Å². The zero-order valence-corrected chi connectivity index (χ0v) is 18.1. The molecule has 1 saturated carbocycles. The maximum atomic E-state index is 13.0. The van der Waals surface area contributed by atoms with Crippen LogP contribution in [0.2, 0.25) is 0 Å². The Bertz CT molecular complexity index is 1270. The quantitative estimate of drug-likeness (QED) is 0.197. The van der Waals surface area contributed by atoms with Crippen LogP contribution < -0.4 is 22.5 Å². The van der Waals surface area contributed by atoms with Crippen LogP contribution in [0.15, 0.2) is 47.7 Å². The maximum Gasteiger partial charge on any atom is 0.335 e. The van der Waals surface area contributed by atoms with E-state index >= 15 is 0 Å². The summed E-state index contributed by atoms with van der Waals surface area (Å²) >= 11 is 0. The second kappa shape index (κ2) is 8.75. The van der Waals surface area contributed by atoms with Crippen molar-refractivity contribution in [3.8, 4) is 5.69 Å². The van der Waals surface area contributed by atoms with Crippen LogP contribution in [0.25, 0.3) is 5.69 Å². The van der Waals surface area contributed by atoms with Gasteiger partial charge in [-0.1, -0.05) is 12.1 Å². The lowest BCUT2D eigenvalue weighted by molar-refractivity contribution is 0.0697. The predicted molar refractivity (Wildman–Crippen MR) is 125 cm³/mol. The first-order valence-electron chi connectivity index (χ1n) is 10.4. The van der Waals surface area contributed by atoms with E-state index in [0.29, 0.717) is 24.0 Å². The Morgan fingerprint density at radius 1 is 1.21 bits per heavy atom. The number of carbonyl (C=O) groups excluding carboxylic acids is 1. The van der Waals surface area contributed by atoms with Crippen LogP contribution in [0.5, 0.6) is 0 Å². The van der Waals surface area contributed by atoms with E-state index in [4.69, 9.17) is 17.2 Å². The van der Waals surface area contributed by atoms with Gasteiger partial charge in [0, 0.05) is 18.2 Å². The van der Waals surface area contributed by atoms with Gasteiger partial charge in [-0.2, -0.15) is 0 Å². The Hall–Kier alpha value is -4.18. The Kier molecular flexibility index (Phi) is 5.84. The lowest BCUT2D eigenvalue weighted by Crippen LogP contribution is -2.22. The summed E-state index contributed by atoms with van der Waals surface area (Å²) in [7, 11) is 0. The first kappa shape index (κ1) is 22.0. The first-order chi connectivity index (χ1) is 15.7. The van der Waals surface area contributed by atoms with Gasteiger partial charge in [-0.25, -0.2) is 14.8 Å². The number of aliphatic imine (C=N–C) groups is 1. The van der Waals surface area contributed by atoms with Crippen LogP contribution in [-0.4, -0.2) is 38.4 Å². The van der Waals surface area contributed by atoms with Gasteiger partial charge in [0.2, 0.25) is 5.78 Å². The summed E-state index contributed by atoms with van der Waals surface area (Å²) < 4.78 is 1.61. The number of carbonyl (C=O) groups is 2. The molecule has 0 unspecified atom stereocenters. The van der Waals surface area contributed by atoms with Crippen LogP contribution in [0.3, 0.4) is 0 Å². The van der Waals surface area contributed by atoms with Crippen LogP contribution in [0, 0.1) is 6.92 Å². The lowest BCUT2D eigenvalue weighted by Gasteiger charge is -2.15. The molecular formula is C23H25N7O3. The summed E-state index contributed by atoms with van der Waals surface area (Å²) in [4.78, 5) is 32.7. The van der Waals surface area contributed by atoms with Gasteiger partial charge in [-0.3, -0.25) is 9.36 Å². The van der Waals surface area contributed by atoms with Crippen molar-refractivity contribution in [3.63, 3.8) is 0 Å². The highest BCUT2D eigenvalue weighted by atomic mass is 16.4. The predicted octanol–water partition coefficient (Wildman–Crippen LogP) is 1.85. The fourth-order valence-corrected chi connectivity index (χ4v) is 3.55. The highest BCUT2D eigenvalue weighted by Crippen LogP contribution is 2.31. The molecule has 1 aromatic heterocycles. The summed E-state index contributed by atoms with van der Waals surface area (Å²) in [5, 5.41) is 12.7. The van der Waals surface area contributed by atoms with Gasteiger partial charge in [0.05, 0.1) is 16.9 Å². The maximum absolute atomic E-state index is 13.0. The second-order valence-corrected chi connectivity index (χ2v) is 8.01. The van der Waals surface area contributed by atoms with Gasteiger partial charge in [0.25, 0.3) is 0 Å². The average Bonchev–Trinajstić information content (AvgIpc) is 3.54. The number of carboxylic acid groups (broad SMARTS) is 1. The summed E-state index contributed by atoms with van der Waals surface area (Å²) in [6.07, 6.45) is 3.77. The van der Waals surface area contributed by atoms with Gasteiger partial charge in [0.1, 0.15) is 12.1 Å². The number of rotatable bonds is 8. The topological polar surface area (TPSA) is 175 Å². The molecule has 10 nitrogen and oxygen atoms in total.